The topological polar surface area (TPSA) is 44.0 Å². The Morgan fingerprint density at radius 2 is 1.75 bits per heavy atom. The highest BCUT2D eigenvalue weighted by Crippen LogP contribution is 2.42. The molecule has 0 radical (unpaired) electrons. The minimum absolute atomic E-state index is 0.0748. The first-order chi connectivity index (χ1) is 7.70. The Morgan fingerprint density at radius 1 is 1.06 bits per heavy atom. The fourth-order valence-corrected chi connectivity index (χ4v) is 4.29. The minimum atomic E-state index is -0.0748. The molecule has 2 aliphatic rings. The second kappa shape index (κ2) is 5.48. The predicted octanol–water partition coefficient (Wildman–Crippen LogP) is 2.72. The second-order valence-electron chi connectivity index (χ2n) is 5.54. The molecule has 2 nitrogen and oxygen atoms in total. The van der Waals surface area contributed by atoms with Crippen molar-refractivity contribution in [2.75, 3.05) is 0 Å². The van der Waals surface area contributed by atoms with Crippen LogP contribution in [0.5, 0.6) is 0 Å². The van der Waals surface area contributed by atoms with Crippen LogP contribution in [0.3, 0.4) is 0 Å². The molecule has 0 bridgehead atoms. The molecule has 4 unspecified atom stereocenters. The van der Waals surface area contributed by atoms with Crippen LogP contribution in [-0.2, 0) is 0 Å². The monoisotopic (exact) mass is 239 g/mol. The van der Waals surface area contributed by atoms with Gasteiger partial charge in [-0.05, 0) is 62.4 Å². The summed E-state index contributed by atoms with van der Waals surface area (Å²) in [5.41, 5.74) is 0.590. The molecule has 0 aromatic rings. The third-order valence-corrected chi connectivity index (χ3v) is 5.25. The normalized spacial score (nSPS) is 44.9. The molecule has 2 rings (SSSR count). The van der Waals surface area contributed by atoms with Crippen molar-refractivity contribution in [3.8, 4) is 6.07 Å². The van der Waals surface area contributed by atoms with E-state index in [0.717, 1.165) is 37.5 Å². The number of nitrogens with zero attached hydrogens (tertiary/aromatic N) is 1. The van der Waals surface area contributed by atoms with Gasteiger partial charge in [0.05, 0.1) is 12.2 Å². The Labute approximate surface area is 101 Å². The van der Waals surface area contributed by atoms with Crippen LogP contribution in [-0.4, -0.2) is 16.9 Å². The summed E-state index contributed by atoms with van der Waals surface area (Å²) in [6.07, 6.45) is 7.68. The zero-order chi connectivity index (χ0) is 11.5. The third-order valence-electron chi connectivity index (χ3n) is 4.49. The maximum Gasteiger partial charge on any atom is 0.0655 e. The van der Waals surface area contributed by atoms with E-state index in [9.17, 15) is 5.11 Å². The maximum atomic E-state index is 9.62. The van der Waals surface area contributed by atoms with E-state index in [1.165, 1.54) is 19.3 Å². The van der Waals surface area contributed by atoms with Crippen LogP contribution < -0.4 is 0 Å². The average Bonchev–Trinajstić information content (AvgIpc) is 2.29. The lowest BCUT2D eigenvalue weighted by molar-refractivity contribution is 0.0843. The fourth-order valence-electron chi connectivity index (χ4n) is 3.47. The van der Waals surface area contributed by atoms with Crippen molar-refractivity contribution in [1.82, 2.24) is 0 Å². The lowest BCUT2D eigenvalue weighted by atomic mass is 9.70. The summed E-state index contributed by atoms with van der Waals surface area (Å²) in [5, 5.41) is 18.5. The molecule has 2 saturated carbocycles. The van der Waals surface area contributed by atoms with Gasteiger partial charge in [-0.3, -0.25) is 0 Å². The molecule has 0 heterocycles. The molecular weight excluding hydrogens is 217 g/mol. The Morgan fingerprint density at radius 3 is 2.31 bits per heavy atom. The first kappa shape index (κ1) is 12.3. The van der Waals surface area contributed by atoms with Crippen molar-refractivity contribution in [2.45, 2.75) is 56.7 Å². The standard InChI is InChI=1S/C13H22NOP/c14-8-9-1-3-10(4-2-9)12-6-5-11(15)7-13(12)16/h9-13,15H,1-7,16H2. The first-order valence-electron chi connectivity index (χ1n) is 6.54. The second-order valence-corrected chi connectivity index (χ2v) is 6.39. The molecule has 4 atom stereocenters. The Balaban J connectivity index is 1.87. The molecule has 0 saturated heterocycles. The molecule has 2 aliphatic carbocycles. The van der Waals surface area contributed by atoms with E-state index in [1.54, 1.807) is 0 Å². The highest BCUT2D eigenvalue weighted by molar-refractivity contribution is 7.17. The van der Waals surface area contributed by atoms with E-state index in [-0.39, 0.29) is 6.10 Å². The molecule has 2 fully saturated rings. The number of hydrogen-bond acceptors (Lipinski definition) is 2. The van der Waals surface area contributed by atoms with E-state index >= 15 is 0 Å². The van der Waals surface area contributed by atoms with Crippen LogP contribution in [0.4, 0.5) is 0 Å². The number of hydrogen-bond donors (Lipinski definition) is 1. The van der Waals surface area contributed by atoms with Crippen molar-refractivity contribution < 1.29 is 5.11 Å². The summed E-state index contributed by atoms with van der Waals surface area (Å²) >= 11 is 0. The third kappa shape index (κ3) is 2.76. The van der Waals surface area contributed by atoms with Gasteiger partial charge in [0.1, 0.15) is 0 Å². The zero-order valence-electron chi connectivity index (χ0n) is 9.81. The van der Waals surface area contributed by atoms with Gasteiger partial charge >= 0.3 is 0 Å². The van der Waals surface area contributed by atoms with Crippen LogP contribution >= 0.6 is 9.24 Å². The Kier molecular flexibility index (Phi) is 4.22. The quantitative estimate of drug-likeness (QED) is 0.715. The SMILES string of the molecule is N#CC1CCC(C2CCC(O)CC2P)CC1. The van der Waals surface area contributed by atoms with Crippen molar-refractivity contribution >= 4 is 9.24 Å². The van der Waals surface area contributed by atoms with Gasteiger partial charge in [0.2, 0.25) is 0 Å². The van der Waals surface area contributed by atoms with Gasteiger partial charge in [0, 0.05) is 5.92 Å². The van der Waals surface area contributed by atoms with E-state index in [4.69, 9.17) is 5.26 Å². The molecule has 1 N–H and O–H groups in total. The minimum Gasteiger partial charge on any atom is -0.393 e. The summed E-state index contributed by atoms with van der Waals surface area (Å²) in [7, 11) is 2.94. The highest BCUT2D eigenvalue weighted by atomic mass is 31.0. The number of rotatable bonds is 1. The van der Waals surface area contributed by atoms with E-state index in [0.29, 0.717) is 11.6 Å². The maximum absolute atomic E-state index is 9.62. The van der Waals surface area contributed by atoms with Gasteiger partial charge in [-0.25, -0.2) is 0 Å². The van der Waals surface area contributed by atoms with E-state index in [1.807, 2.05) is 0 Å². The molecule has 90 valence electrons. The van der Waals surface area contributed by atoms with Gasteiger partial charge in [0.25, 0.3) is 0 Å². The van der Waals surface area contributed by atoms with Gasteiger partial charge < -0.3 is 5.11 Å². The lowest BCUT2D eigenvalue weighted by Gasteiger charge is -2.39. The van der Waals surface area contributed by atoms with Crippen molar-refractivity contribution in [1.29, 1.82) is 5.26 Å². The van der Waals surface area contributed by atoms with Gasteiger partial charge in [-0.1, -0.05) is 0 Å². The summed E-state index contributed by atoms with van der Waals surface area (Å²) in [6, 6.07) is 2.40. The fraction of sp³-hybridized carbons (Fsp3) is 0.923. The zero-order valence-corrected chi connectivity index (χ0v) is 11.0. The Hall–Kier alpha value is -0.120. The van der Waals surface area contributed by atoms with E-state index < -0.39 is 0 Å². The van der Waals surface area contributed by atoms with Crippen molar-refractivity contribution in [2.24, 2.45) is 17.8 Å². The molecule has 0 aromatic heterocycles. The van der Waals surface area contributed by atoms with Crippen LogP contribution in [0.15, 0.2) is 0 Å². The summed E-state index contributed by atoms with van der Waals surface area (Å²) < 4.78 is 0. The van der Waals surface area contributed by atoms with Gasteiger partial charge in [0.15, 0.2) is 0 Å². The van der Waals surface area contributed by atoms with Crippen LogP contribution in [0, 0.1) is 29.1 Å². The smallest absolute Gasteiger partial charge is 0.0655 e. The summed E-state index contributed by atoms with van der Waals surface area (Å²) in [4.78, 5) is 0. The van der Waals surface area contributed by atoms with Crippen molar-refractivity contribution in [3.05, 3.63) is 0 Å². The summed E-state index contributed by atoms with van der Waals surface area (Å²) in [5.74, 6) is 1.89. The van der Waals surface area contributed by atoms with Crippen LogP contribution in [0.2, 0.25) is 0 Å². The summed E-state index contributed by atoms with van der Waals surface area (Å²) in [6.45, 7) is 0. The average molecular weight is 239 g/mol. The predicted molar refractivity (Wildman–Crippen MR) is 67.9 cm³/mol. The highest BCUT2D eigenvalue weighted by Gasteiger charge is 2.34. The molecule has 3 heteroatoms. The van der Waals surface area contributed by atoms with Crippen molar-refractivity contribution in [3.63, 3.8) is 0 Å². The molecule has 0 aromatic carbocycles. The Bertz CT molecular complexity index is 268. The molecule has 16 heavy (non-hydrogen) atoms. The van der Waals surface area contributed by atoms with Gasteiger partial charge in [-0.2, -0.15) is 5.26 Å². The van der Waals surface area contributed by atoms with Gasteiger partial charge in [-0.15, -0.1) is 9.24 Å². The molecule has 0 spiro atoms. The first-order valence-corrected chi connectivity index (χ1v) is 7.20. The molecule has 0 amide bonds. The molecular formula is C13H22NOP. The van der Waals surface area contributed by atoms with E-state index in [2.05, 4.69) is 15.3 Å². The lowest BCUT2D eigenvalue weighted by Crippen LogP contribution is -2.34. The molecule has 0 aliphatic heterocycles. The largest absolute Gasteiger partial charge is 0.393 e. The number of aliphatic hydroxyl groups is 1. The number of aliphatic hydroxyl groups excluding tert-OH is 1. The van der Waals surface area contributed by atoms with Crippen LogP contribution in [0.1, 0.15) is 44.9 Å². The number of nitriles is 1. The van der Waals surface area contributed by atoms with Crippen LogP contribution in [0.25, 0.3) is 0 Å².